The molecule has 4 nitrogen and oxygen atoms in total. The van der Waals surface area contributed by atoms with Crippen LogP contribution in [0.3, 0.4) is 0 Å². The van der Waals surface area contributed by atoms with E-state index in [1.807, 2.05) is 25.1 Å². The summed E-state index contributed by atoms with van der Waals surface area (Å²) in [6.45, 7) is 4.18. The molecule has 4 heteroatoms. The van der Waals surface area contributed by atoms with Gasteiger partial charge in [0, 0.05) is 24.4 Å². The van der Waals surface area contributed by atoms with Crippen LogP contribution in [-0.2, 0) is 17.6 Å². The Labute approximate surface area is 160 Å². The molecule has 3 heterocycles. The number of hydrogen-bond acceptors (Lipinski definition) is 4. The molecule has 0 N–H and O–H groups in total. The second-order valence-corrected chi connectivity index (χ2v) is 7.17. The number of allylic oxidation sites excluding steroid dienone is 6. The van der Waals surface area contributed by atoms with E-state index in [4.69, 9.17) is 15.3 Å². The van der Waals surface area contributed by atoms with Crippen LogP contribution in [0.1, 0.15) is 36.5 Å². The zero-order chi connectivity index (χ0) is 18.8. The first-order chi connectivity index (χ1) is 13.2. The molecule has 0 saturated carbocycles. The summed E-state index contributed by atoms with van der Waals surface area (Å²) in [7, 11) is 0. The Morgan fingerprint density at radius 3 is 2.33 bits per heavy atom. The third kappa shape index (κ3) is 3.39. The highest BCUT2D eigenvalue weighted by atomic mass is 16.5. The average molecular weight is 355 g/mol. The molecule has 134 valence electrons. The Hall–Kier alpha value is -3.24. The molecule has 0 unspecified atom stereocenters. The molecule has 3 aliphatic rings. The first-order valence-corrected chi connectivity index (χ1v) is 9.39. The topological polar surface area (TPSA) is 60.0 Å². The summed E-state index contributed by atoms with van der Waals surface area (Å²) in [6.07, 6.45) is 12.2. The fourth-order valence-corrected chi connectivity index (χ4v) is 4.14. The first-order valence-electron chi connectivity index (χ1n) is 9.39. The van der Waals surface area contributed by atoms with Crippen LogP contribution in [-0.4, -0.2) is 13.1 Å². The Balaban J connectivity index is 1.65. The molecule has 0 radical (unpaired) electrons. The number of rotatable bonds is 2. The predicted molar refractivity (Wildman–Crippen MR) is 106 cm³/mol. The van der Waals surface area contributed by atoms with Crippen molar-refractivity contribution >= 4 is 11.8 Å². The van der Waals surface area contributed by atoms with Crippen LogP contribution in [0.25, 0.3) is 6.08 Å². The minimum Gasteiger partial charge on any atom is -0.462 e. The van der Waals surface area contributed by atoms with Crippen molar-refractivity contribution in [3.8, 4) is 12.1 Å². The number of nitrogens with zero attached hydrogens (tertiary/aromatic N) is 3. The van der Waals surface area contributed by atoms with Crippen molar-refractivity contribution in [1.82, 2.24) is 0 Å². The predicted octanol–water partition coefficient (Wildman–Crippen LogP) is 4.56. The second-order valence-electron chi connectivity index (χ2n) is 7.17. The van der Waals surface area contributed by atoms with Crippen molar-refractivity contribution in [2.75, 3.05) is 18.0 Å². The fourth-order valence-electron chi connectivity index (χ4n) is 4.14. The summed E-state index contributed by atoms with van der Waals surface area (Å²) in [4.78, 5) is 2.54. The van der Waals surface area contributed by atoms with Gasteiger partial charge in [0.25, 0.3) is 0 Å². The minimum atomic E-state index is 0.0989. The van der Waals surface area contributed by atoms with E-state index in [1.165, 1.54) is 48.3 Å². The van der Waals surface area contributed by atoms with Gasteiger partial charge in [-0.1, -0.05) is 6.08 Å². The van der Waals surface area contributed by atoms with E-state index in [2.05, 4.69) is 23.1 Å². The van der Waals surface area contributed by atoms with Gasteiger partial charge < -0.3 is 9.64 Å². The monoisotopic (exact) mass is 355 g/mol. The Morgan fingerprint density at radius 2 is 1.70 bits per heavy atom. The number of ether oxygens (including phenoxy) is 1. The van der Waals surface area contributed by atoms with Crippen LogP contribution in [0.15, 0.2) is 53.0 Å². The van der Waals surface area contributed by atoms with Gasteiger partial charge >= 0.3 is 0 Å². The highest BCUT2D eigenvalue weighted by molar-refractivity contribution is 5.68. The van der Waals surface area contributed by atoms with Crippen molar-refractivity contribution in [3.63, 3.8) is 0 Å². The van der Waals surface area contributed by atoms with E-state index in [9.17, 15) is 0 Å². The third-order valence-corrected chi connectivity index (χ3v) is 5.24. The lowest BCUT2D eigenvalue weighted by Gasteiger charge is -2.37. The summed E-state index contributed by atoms with van der Waals surface area (Å²) in [5, 5.41) is 18.2. The maximum Gasteiger partial charge on any atom is 0.137 e. The summed E-state index contributed by atoms with van der Waals surface area (Å²) < 4.78 is 5.75. The number of anilines is 1. The maximum atomic E-state index is 9.10. The Bertz CT molecular complexity index is 948. The fraction of sp³-hybridized carbons (Fsp3) is 0.304. The van der Waals surface area contributed by atoms with Gasteiger partial charge in [-0.15, -0.1) is 0 Å². The van der Waals surface area contributed by atoms with Gasteiger partial charge in [-0.05, 0) is 79.7 Å². The van der Waals surface area contributed by atoms with Crippen LogP contribution in [0.4, 0.5) is 5.69 Å². The molecule has 0 atom stereocenters. The standard InChI is InChI=1S/C23H21N3O/c1-16-10-20(21(14-24)15-25)13-22(27-16)7-6-17-11-18-4-2-8-26-9-3-5-19(12-17)23(18)26/h6-7,10-13H,2-5,8-9H2,1H3/b7-6-. The molecule has 3 aliphatic heterocycles. The normalized spacial score (nSPS) is 18.0. The number of aryl methyl sites for hydroxylation is 2. The summed E-state index contributed by atoms with van der Waals surface area (Å²) >= 11 is 0. The number of benzene rings is 1. The minimum absolute atomic E-state index is 0.0989. The first kappa shape index (κ1) is 17.2. The third-order valence-electron chi connectivity index (χ3n) is 5.24. The van der Waals surface area contributed by atoms with Crippen LogP contribution in [0.2, 0.25) is 0 Å². The van der Waals surface area contributed by atoms with E-state index in [0.29, 0.717) is 17.1 Å². The second kappa shape index (κ2) is 7.17. The van der Waals surface area contributed by atoms with Crippen molar-refractivity contribution in [3.05, 3.63) is 69.7 Å². The Morgan fingerprint density at radius 1 is 1.04 bits per heavy atom. The molecule has 27 heavy (non-hydrogen) atoms. The van der Waals surface area contributed by atoms with Crippen molar-refractivity contribution < 1.29 is 4.74 Å². The zero-order valence-corrected chi connectivity index (χ0v) is 15.5. The molecule has 1 aromatic carbocycles. The lowest BCUT2D eigenvalue weighted by atomic mass is 9.90. The number of hydrogen-bond donors (Lipinski definition) is 0. The van der Waals surface area contributed by atoms with Crippen molar-refractivity contribution in [1.29, 1.82) is 10.5 Å². The lowest BCUT2D eigenvalue weighted by molar-refractivity contribution is 0.318. The van der Waals surface area contributed by atoms with Gasteiger partial charge in [-0.3, -0.25) is 0 Å². The quantitative estimate of drug-likeness (QED) is 0.730. The van der Waals surface area contributed by atoms with E-state index in [-0.39, 0.29) is 5.57 Å². The van der Waals surface area contributed by atoms with Crippen LogP contribution in [0.5, 0.6) is 0 Å². The largest absolute Gasteiger partial charge is 0.462 e. The van der Waals surface area contributed by atoms with Gasteiger partial charge in [0.15, 0.2) is 0 Å². The van der Waals surface area contributed by atoms with Crippen molar-refractivity contribution in [2.24, 2.45) is 0 Å². The molecule has 0 aromatic heterocycles. The highest BCUT2D eigenvalue weighted by Gasteiger charge is 2.23. The summed E-state index contributed by atoms with van der Waals surface area (Å²) in [5.41, 5.74) is 6.24. The van der Waals surface area contributed by atoms with E-state index in [1.54, 1.807) is 12.2 Å². The SMILES string of the molecule is CC1=CC(=C(C#N)C#N)C=C(/C=C\c2cc3c4c(c2)CCCN4CCC3)O1. The van der Waals surface area contributed by atoms with Crippen LogP contribution in [0, 0.1) is 22.7 Å². The van der Waals surface area contributed by atoms with Crippen LogP contribution < -0.4 is 4.90 Å². The van der Waals surface area contributed by atoms with Crippen LogP contribution >= 0.6 is 0 Å². The van der Waals surface area contributed by atoms with Gasteiger partial charge in [0.1, 0.15) is 29.2 Å². The molecule has 0 aliphatic carbocycles. The van der Waals surface area contributed by atoms with E-state index in [0.717, 1.165) is 12.8 Å². The Kier molecular flexibility index (Phi) is 4.57. The summed E-state index contributed by atoms with van der Waals surface area (Å²) in [6, 6.07) is 8.45. The lowest BCUT2D eigenvalue weighted by Crippen LogP contribution is -2.34. The molecule has 0 saturated heterocycles. The van der Waals surface area contributed by atoms with Gasteiger partial charge in [-0.2, -0.15) is 10.5 Å². The molecule has 1 aromatic rings. The van der Waals surface area contributed by atoms with Gasteiger partial charge in [0.05, 0.1) is 0 Å². The molecule has 0 fully saturated rings. The molecule has 0 amide bonds. The molecule has 0 bridgehead atoms. The maximum absolute atomic E-state index is 9.10. The summed E-state index contributed by atoms with van der Waals surface area (Å²) in [5.74, 6) is 1.31. The highest BCUT2D eigenvalue weighted by Crippen LogP contribution is 2.36. The van der Waals surface area contributed by atoms with Gasteiger partial charge in [-0.25, -0.2) is 0 Å². The smallest absolute Gasteiger partial charge is 0.137 e. The number of nitriles is 2. The average Bonchev–Trinajstić information content (AvgIpc) is 2.67. The molecular formula is C23H21N3O. The van der Waals surface area contributed by atoms with Crippen molar-refractivity contribution in [2.45, 2.75) is 32.6 Å². The van der Waals surface area contributed by atoms with E-state index >= 15 is 0 Å². The molecular weight excluding hydrogens is 334 g/mol. The van der Waals surface area contributed by atoms with E-state index < -0.39 is 0 Å². The molecule has 4 rings (SSSR count). The zero-order valence-electron chi connectivity index (χ0n) is 15.5. The van der Waals surface area contributed by atoms with Gasteiger partial charge in [0.2, 0.25) is 0 Å². The molecule has 0 spiro atoms.